The van der Waals surface area contributed by atoms with Crippen LogP contribution in [0, 0.1) is 5.92 Å². The first-order valence-corrected chi connectivity index (χ1v) is 6.06. The van der Waals surface area contributed by atoms with Gasteiger partial charge >= 0.3 is 0 Å². The summed E-state index contributed by atoms with van der Waals surface area (Å²) in [5, 5.41) is 3.48. The third-order valence-electron chi connectivity index (χ3n) is 2.82. The highest BCUT2D eigenvalue weighted by molar-refractivity contribution is 4.97. The SMILES string of the molecule is CCCNC1CC(OCC(C)C)C1OC. The normalized spacial score (nSPS) is 30.6. The van der Waals surface area contributed by atoms with E-state index in [1.54, 1.807) is 7.11 Å². The van der Waals surface area contributed by atoms with Crippen molar-refractivity contribution in [3.8, 4) is 0 Å². The Morgan fingerprint density at radius 3 is 2.67 bits per heavy atom. The lowest BCUT2D eigenvalue weighted by Crippen LogP contribution is -2.60. The van der Waals surface area contributed by atoms with Gasteiger partial charge in [-0.2, -0.15) is 0 Å². The number of methoxy groups -OCH3 is 1. The van der Waals surface area contributed by atoms with E-state index in [0.29, 0.717) is 18.1 Å². The highest BCUT2D eigenvalue weighted by Gasteiger charge is 2.41. The summed E-state index contributed by atoms with van der Waals surface area (Å²) < 4.78 is 11.2. The van der Waals surface area contributed by atoms with Crippen LogP contribution in [0.15, 0.2) is 0 Å². The van der Waals surface area contributed by atoms with Crippen molar-refractivity contribution in [2.45, 2.75) is 51.9 Å². The topological polar surface area (TPSA) is 30.5 Å². The highest BCUT2D eigenvalue weighted by atomic mass is 16.5. The van der Waals surface area contributed by atoms with Crippen LogP contribution in [0.25, 0.3) is 0 Å². The summed E-state index contributed by atoms with van der Waals surface area (Å²) in [6, 6.07) is 0.493. The predicted molar refractivity (Wildman–Crippen MR) is 62.1 cm³/mol. The van der Waals surface area contributed by atoms with E-state index < -0.39 is 0 Å². The fourth-order valence-electron chi connectivity index (χ4n) is 1.91. The molecule has 1 fully saturated rings. The molecular formula is C12H25NO2. The summed E-state index contributed by atoms with van der Waals surface area (Å²) in [6.07, 6.45) is 2.80. The molecule has 0 aromatic heterocycles. The Bertz CT molecular complexity index is 173. The first-order valence-electron chi connectivity index (χ1n) is 6.06. The molecule has 1 aliphatic rings. The van der Waals surface area contributed by atoms with Crippen LogP contribution >= 0.6 is 0 Å². The molecule has 1 rings (SSSR count). The maximum absolute atomic E-state index is 5.79. The van der Waals surface area contributed by atoms with Gasteiger partial charge < -0.3 is 14.8 Å². The summed E-state index contributed by atoms with van der Waals surface area (Å²) in [4.78, 5) is 0. The molecule has 0 amide bonds. The smallest absolute Gasteiger partial charge is 0.0986 e. The van der Waals surface area contributed by atoms with E-state index in [2.05, 4.69) is 26.1 Å². The van der Waals surface area contributed by atoms with Gasteiger partial charge in [-0.15, -0.1) is 0 Å². The van der Waals surface area contributed by atoms with E-state index >= 15 is 0 Å². The Labute approximate surface area is 93.5 Å². The molecule has 0 aromatic rings. The van der Waals surface area contributed by atoms with Crippen LogP contribution in [0.3, 0.4) is 0 Å². The van der Waals surface area contributed by atoms with E-state index in [1.165, 1.54) is 6.42 Å². The first-order chi connectivity index (χ1) is 7.19. The van der Waals surface area contributed by atoms with Crippen LogP contribution in [-0.4, -0.2) is 38.5 Å². The fourth-order valence-corrected chi connectivity index (χ4v) is 1.91. The van der Waals surface area contributed by atoms with Crippen LogP contribution in [0.4, 0.5) is 0 Å². The highest BCUT2D eigenvalue weighted by Crippen LogP contribution is 2.27. The molecule has 0 aromatic carbocycles. The van der Waals surface area contributed by atoms with Crippen LogP contribution in [0.1, 0.15) is 33.6 Å². The standard InChI is InChI=1S/C12H25NO2/c1-5-6-13-10-7-11(12(10)14-4)15-8-9(2)3/h9-13H,5-8H2,1-4H3. The van der Waals surface area contributed by atoms with Gasteiger partial charge in [-0.1, -0.05) is 20.8 Å². The van der Waals surface area contributed by atoms with Gasteiger partial charge in [0.25, 0.3) is 0 Å². The van der Waals surface area contributed by atoms with Gasteiger partial charge in [-0.25, -0.2) is 0 Å². The van der Waals surface area contributed by atoms with Crippen molar-refractivity contribution in [2.75, 3.05) is 20.3 Å². The molecule has 0 bridgehead atoms. The van der Waals surface area contributed by atoms with Crippen molar-refractivity contribution in [3.05, 3.63) is 0 Å². The molecule has 1 aliphatic carbocycles. The number of ether oxygens (including phenoxy) is 2. The second-order valence-electron chi connectivity index (χ2n) is 4.76. The third-order valence-corrected chi connectivity index (χ3v) is 2.82. The van der Waals surface area contributed by atoms with Crippen molar-refractivity contribution in [3.63, 3.8) is 0 Å². The third kappa shape index (κ3) is 3.74. The Morgan fingerprint density at radius 2 is 2.13 bits per heavy atom. The van der Waals surface area contributed by atoms with E-state index in [0.717, 1.165) is 19.6 Å². The largest absolute Gasteiger partial charge is 0.377 e. The van der Waals surface area contributed by atoms with Crippen LogP contribution < -0.4 is 5.32 Å². The minimum atomic E-state index is 0.246. The van der Waals surface area contributed by atoms with E-state index in [-0.39, 0.29) is 6.10 Å². The predicted octanol–water partition coefficient (Wildman–Crippen LogP) is 1.81. The van der Waals surface area contributed by atoms with Gasteiger partial charge in [0.05, 0.1) is 12.2 Å². The lowest BCUT2D eigenvalue weighted by atomic mass is 9.85. The van der Waals surface area contributed by atoms with Gasteiger partial charge in [0.2, 0.25) is 0 Å². The van der Waals surface area contributed by atoms with Crippen molar-refractivity contribution in [2.24, 2.45) is 5.92 Å². The zero-order chi connectivity index (χ0) is 11.3. The molecule has 90 valence electrons. The Kier molecular flexibility index (Phi) is 5.58. The molecule has 1 N–H and O–H groups in total. The van der Waals surface area contributed by atoms with E-state index in [1.807, 2.05) is 0 Å². The van der Waals surface area contributed by atoms with Crippen LogP contribution in [-0.2, 0) is 9.47 Å². The van der Waals surface area contributed by atoms with Crippen molar-refractivity contribution in [1.82, 2.24) is 5.32 Å². The minimum Gasteiger partial charge on any atom is -0.377 e. The monoisotopic (exact) mass is 215 g/mol. The second kappa shape index (κ2) is 6.46. The average Bonchev–Trinajstić information content (AvgIpc) is 2.16. The summed E-state index contributed by atoms with van der Waals surface area (Å²) in [5.74, 6) is 0.602. The summed E-state index contributed by atoms with van der Waals surface area (Å²) in [7, 11) is 1.77. The maximum Gasteiger partial charge on any atom is 0.0986 e. The van der Waals surface area contributed by atoms with Crippen molar-refractivity contribution in [1.29, 1.82) is 0 Å². The molecule has 0 radical (unpaired) electrons. The zero-order valence-electron chi connectivity index (χ0n) is 10.5. The van der Waals surface area contributed by atoms with Gasteiger partial charge in [-0.05, 0) is 25.3 Å². The van der Waals surface area contributed by atoms with Gasteiger partial charge in [-0.3, -0.25) is 0 Å². The molecule has 3 nitrogen and oxygen atoms in total. The maximum atomic E-state index is 5.79. The molecule has 3 atom stereocenters. The zero-order valence-corrected chi connectivity index (χ0v) is 10.5. The van der Waals surface area contributed by atoms with Crippen LogP contribution in [0.2, 0.25) is 0 Å². The lowest BCUT2D eigenvalue weighted by molar-refractivity contribution is -0.138. The van der Waals surface area contributed by atoms with E-state index in [9.17, 15) is 0 Å². The molecule has 0 spiro atoms. The Balaban J connectivity index is 2.20. The molecule has 1 saturated carbocycles. The average molecular weight is 215 g/mol. The summed E-state index contributed by atoms with van der Waals surface area (Å²) in [5.41, 5.74) is 0. The molecule has 15 heavy (non-hydrogen) atoms. The molecule has 0 aliphatic heterocycles. The second-order valence-corrected chi connectivity index (χ2v) is 4.76. The number of nitrogens with one attached hydrogen (secondary N) is 1. The quantitative estimate of drug-likeness (QED) is 0.702. The first kappa shape index (κ1) is 12.9. The molecule has 3 unspecified atom stereocenters. The van der Waals surface area contributed by atoms with Gasteiger partial charge in [0.15, 0.2) is 0 Å². The number of rotatable bonds is 7. The molecule has 0 saturated heterocycles. The van der Waals surface area contributed by atoms with Gasteiger partial charge in [0.1, 0.15) is 0 Å². The number of hydrogen-bond acceptors (Lipinski definition) is 3. The Morgan fingerprint density at radius 1 is 1.40 bits per heavy atom. The van der Waals surface area contributed by atoms with Crippen molar-refractivity contribution >= 4 is 0 Å². The summed E-state index contributed by atoms with van der Waals surface area (Å²) in [6.45, 7) is 8.44. The minimum absolute atomic E-state index is 0.246. The Hall–Kier alpha value is -0.120. The fraction of sp³-hybridized carbons (Fsp3) is 1.00. The lowest BCUT2D eigenvalue weighted by Gasteiger charge is -2.44. The van der Waals surface area contributed by atoms with Gasteiger partial charge in [0, 0.05) is 19.8 Å². The molecular weight excluding hydrogens is 190 g/mol. The molecule has 0 heterocycles. The summed E-state index contributed by atoms with van der Waals surface area (Å²) >= 11 is 0. The number of hydrogen-bond donors (Lipinski definition) is 1. The van der Waals surface area contributed by atoms with E-state index in [4.69, 9.17) is 9.47 Å². The van der Waals surface area contributed by atoms with Crippen LogP contribution in [0.5, 0.6) is 0 Å². The molecule has 3 heteroatoms. The van der Waals surface area contributed by atoms with Crippen molar-refractivity contribution < 1.29 is 9.47 Å².